The van der Waals surface area contributed by atoms with Gasteiger partial charge in [0.15, 0.2) is 0 Å². The van der Waals surface area contributed by atoms with Crippen molar-refractivity contribution >= 4 is 5.91 Å². The molecule has 0 N–H and O–H groups in total. The van der Waals surface area contributed by atoms with Crippen LogP contribution in [0.25, 0.3) is 0 Å². The highest BCUT2D eigenvalue weighted by Crippen LogP contribution is 2.23. The van der Waals surface area contributed by atoms with Crippen molar-refractivity contribution in [1.29, 1.82) is 0 Å². The van der Waals surface area contributed by atoms with E-state index in [2.05, 4.69) is 10.1 Å². The van der Waals surface area contributed by atoms with Gasteiger partial charge in [-0.05, 0) is 48.5 Å². The van der Waals surface area contributed by atoms with Gasteiger partial charge in [-0.15, -0.1) is 0 Å². The molecular formula is C18H23N3O3. The molecule has 1 fully saturated rings. The maximum Gasteiger partial charge on any atom is 0.254 e. The minimum atomic E-state index is 0.197. The van der Waals surface area contributed by atoms with Gasteiger partial charge in [-0.2, -0.15) is 0 Å². The minimum absolute atomic E-state index is 0.197. The summed E-state index contributed by atoms with van der Waals surface area (Å²) in [6, 6.07) is 6.16. The Bertz CT molecular complexity index is 657. The lowest BCUT2D eigenvalue weighted by Gasteiger charge is -2.24. The third kappa shape index (κ3) is 4.13. The smallest absolute Gasteiger partial charge is 0.254 e. The Morgan fingerprint density at radius 1 is 1.38 bits per heavy atom. The van der Waals surface area contributed by atoms with Crippen LogP contribution in [0.5, 0.6) is 5.88 Å². The number of rotatable bonds is 7. The van der Waals surface area contributed by atoms with E-state index in [1.54, 1.807) is 13.2 Å². The molecule has 6 nitrogen and oxygen atoms in total. The number of amides is 1. The Hall–Kier alpha value is -2.37. The maximum atomic E-state index is 12.5. The zero-order chi connectivity index (χ0) is 16.8. The normalized spacial score (nSPS) is 17.2. The summed E-state index contributed by atoms with van der Waals surface area (Å²) in [5.74, 6) is 1.34. The summed E-state index contributed by atoms with van der Waals surface area (Å²) in [5, 5.41) is 3.76. The van der Waals surface area contributed by atoms with Crippen LogP contribution in [0.4, 0.5) is 0 Å². The number of likely N-dealkylation sites (tertiary alicyclic amines) is 1. The van der Waals surface area contributed by atoms with Crippen molar-refractivity contribution in [2.45, 2.75) is 44.6 Å². The molecule has 0 spiro atoms. The summed E-state index contributed by atoms with van der Waals surface area (Å²) in [6.45, 7) is 0.861. The summed E-state index contributed by atoms with van der Waals surface area (Å²) in [5.41, 5.74) is 1.28. The third-order valence-corrected chi connectivity index (χ3v) is 4.54. The second kappa shape index (κ2) is 7.95. The van der Waals surface area contributed by atoms with E-state index >= 15 is 0 Å². The molecule has 1 saturated heterocycles. The average molecular weight is 329 g/mol. The summed E-state index contributed by atoms with van der Waals surface area (Å²) >= 11 is 0. The number of carbonyl (C=O) groups excluding carboxylic acids is 1. The van der Waals surface area contributed by atoms with Gasteiger partial charge in [-0.25, -0.2) is 0 Å². The molecule has 128 valence electrons. The largest absolute Gasteiger partial charge is 0.479 e. The number of methoxy groups -OCH3 is 1. The van der Waals surface area contributed by atoms with Crippen LogP contribution in [0.2, 0.25) is 0 Å². The van der Waals surface area contributed by atoms with Gasteiger partial charge in [0, 0.05) is 43.9 Å². The molecule has 0 radical (unpaired) electrons. The lowest BCUT2D eigenvalue weighted by Crippen LogP contribution is -2.35. The minimum Gasteiger partial charge on any atom is -0.479 e. The van der Waals surface area contributed by atoms with E-state index in [1.807, 2.05) is 29.4 Å². The number of pyridine rings is 1. The van der Waals surface area contributed by atoms with E-state index in [4.69, 9.17) is 9.26 Å². The standard InChI is InChI=1S/C18H23N3O3/c1-23-17-13-16(24-20-17)6-7-18(22)21-12-2-3-15(21)5-4-14-8-10-19-11-9-14/h8-11,13,15H,2-7,12H2,1H3/t15-/m0/s1. The number of hydrogen-bond donors (Lipinski definition) is 0. The second-order valence-electron chi connectivity index (χ2n) is 6.11. The summed E-state index contributed by atoms with van der Waals surface area (Å²) in [7, 11) is 1.55. The SMILES string of the molecule is COc1cc(CCC(=O)N2CCC[C@H]2CCc2ccncc2)on1. The van der Waals surface area contributed by atoms with Crippen LogP contribution in [0.3, 0.4) is 0 Å². The van der Waals surface area contributed by atoms with E-state index in [0.717, 1.165) is 32.2 Å². The van der Waals surface area contributed by atoms with Gasteiger partial charge < -0.3 is 14.2 Å². The highest BCUT2D eigenvalue weighted by Gasteiger charge is 2.28. The van der Waals surface area contributed by atoms with Crippen LogP contribution < -0.4 is 4.74 Å². The Labute approximate surface area is 141 Å². The fourth-order valence-electron chi connectivity index (χ4n) is 3.23. The van der Waals surface area contributed by atoms with E-state index < -0.39 is 0 Å². The van der Waals surface area contributed by atoms with Crippen molar-refractivity contribution in [2.24, 2.45) is 0 Å². The molecule has 3 heterocycles. The number of ether oxygens (including phenoxy) is 1. The lowest BCUT2D eigenvalue weighted by molar-refractivity contribution is -0.132. The Kier molecular flexibility index (Phi) is 5.46. The summed E-state index contributed by atoms with van der Waals surface area (Å²) in [6.07, 6.45) is 8.81. The van der Waals surface area contributed by atoms with Crippen LogP contribution in [0.1, 0.15) is 37.0 Å². The van der Waals surface area contributed by atoms with Crippen LogP contribution in [0.15, 0.2) is 35.1 Å². The van der Waals surface area contributed by atoms with E-state index in [0.29, 0.717) is 30.5 Å². The van der Waals surface area contributed by atoms with Crippen molar-refractivity contribution in [3.63, 3.8) is 0 Å². The van der Waals surface area contributed by atoms with E-state index in [1.165, 1.54) is 5.56 Å². The van der Waals surface area contributed by atoms with Crippen molar-refractivity contribution in [3.8, 4) is 5.88 Å². The number of aryl methyl sites for hydroxylation is 2. The Morgan fingerprint density at radius 3 is 2.96 bits per heavy atom. The predicted octanol–water partition coefficient (Wildman–Crippen LogP) is 2.63. The molecule has 0 bridgehead atoms. The zero-order valence-corrected chi connectivity index (χ0v) is 14.0. The first-order valence-electron chi connectivity index (χ1n) is 8.44. The van der Waals surface area contributed by atoms with Gasteiger partial charge >= 0.3 is 0 Å². The molecule has 1 amide bonds. The molecule has 24 heavy (non-hydrogen) atoms. The first-order valence-corrected chi connectivity index (χ1v) is 8.44. The van der Waals surface area contributed by atoms with Gasteiger partial charge in [0.1, 0.15) is 5.76 Å². The summed E-state index contributed by atoms with van der Waals surface area (Å²) in [4.78, 5) is 18.6. The van der Waals surface area contributed by atoms with Crippen molar-refractivity contribution in [1.82, 2.24) is 15.0 Å². The van der Waals surface area contributed by atoms with E-state index in [9.17, 15) is 4.79 Å². The fraction of sp³-hybridized carbons (Fsp3) is 0.500. The monoisotopic (exact) mass is 329 g/mol. The quantitative estimate of drug-likeness (QED) is 0.781. The first kappa shape index (κ1) is 16.5. The molecule has 2 aromatic heterocycles. The van der Waals surface area contributed by atoms with Crippen molar-refractivity contribution in [2.75, 3.05) is 13.7 Å². The Balaban J connectivity index is 1.49. The average Bonchev–Trinajstić information content (AvgIpc) is 3.28. The molecule has 3 rings (SSSR count). The molecule has 0 aliphatic carbocycles. The molecule has 2 aromatic rings. The zero-order valence-electron chi connectivity index (χ0n) is 14.0. The molecule has 0 unspecified atom stereocenters. The van der Waals surface area contributed by atoms with Gasteiger partial charge in [-0.1, -0.05) is 0 Å². The maximum absolute atomic E-state index is 12.5. The van der Waals surface area contributed by atoms with Gasteiger partial charge in [0.05, 0.1) is 7.11 Å². The van der Waals surface area contributed by atoms with Gasteiger partial charge in [0.25, 0.3) is 5.88 Å². The molecule has 1 aliphatic rings. The van der Waals surface area contributed by atoms with Gasteiger partial charge in [0.2, 0.25) is 5.91 Å². The molecule has 0 aromatic carbocycles. The third-order valence-electron chi connectivity index (χ3n) is 4.54. The van der Waals surface area contributed by atoms with Crippen molar-refractivity contribution < 1.29 is 14.1 Å². The van der Waals surface area contributed by atoms with Gasteiger partial charge in [-0.3, -0.25) is 9.78 Å². The number of hydrogen-bond acceptors (Lipinski definition) is 5. The summed E-state index contributed by atoms with van der Waals surface area (Å²) < 4.78 is 10.1. The number of nitrogens with zero attached hydrogens (tertiary/aromatic N) is 3. The molecule has 0 saturated carbocycles. The molecule has 6 heteroatoms. The fourth-order valence-corrected chi connectivity index (χ4v) is 3.23. The highest BCUT2D eigenvalue weighted by atomic mass is 16.5. The Morgan fingerprint density at radius 2 is 2.21 bits per heavy atom. The van der Waals surface area contributed by atoms with Crippen LogP contribution in [-0.2, 0) is 17.6 Å². The van der Waals surface area contributed by atoms with Crippen LogP contribution in [0, 0.1) is 0 Å². The molecular weight excluding hydrogens is 306 g/mol. The first-order chi connectivity index (χ1) is 11.8. The molecule has 1 atom stereocenters. The van der Waals surface area contributed by atoms with Crippen molar-refractivity contribution in [3.05, 3.63) is 41.9 Å². The molecule has 1 aliphatic heterocycles. The van der Waals surface area contributed by atoms with Crippen LogP contribution >= 0.6 is 0 Å². The topological polar surface area (TPSA) is 68.5 Å². The number of carbonyl (C=O) groups is 1. The predicted molar refractivity (Wildman–Crippen MR) is 88.7 cm³/mol. The van der Waals surface area contributed by atoms with E-state index in [-0.39, 0.29) is 5.91 Å². The van der Waals surface area contributed by atoms with Crippen LogP contribution in [-0.4, -0.2) is 40.6 Å². The highest BCUT2D eigenvalue weighted by molar-refractivity contribution is 5.77. The second-order valence-corrected chi connectivity index (χ2v) is 6.11. The number of aromatic nitrogens is 2. The lowest BCUT2D eigenvalue weighted by atomic mass is 10.0.